The normalized spacial score (nSPS) is 12.6. The minimum absolute atomic E-state index is 0.0129. The Bertz CT molecular complexity index is 340. The molecule has 0 bridgehead atoms. The van der Waals surface area contributed by atoms with Crippen LogP contribution in [0, 0.1) is 13.8 Å². The Labute approximate surface area is 99.9 Å². The molecule has 0 spiro atoms. The van der Waals surface area contributed by atoms with Crippen molar-refractivity contribution in [2.75, 3.05) is 13.6 Å². The third kappa shape index (κ3) is 3.21. The first-order valence-corrected chi connectivity index (χ1v) is 6.13. The van der Waals surface area contributed by atoms with E-state index in [2.05, 4.69) is 0 Å². The van der Waals surface area contributed by atoms with Gasteiger partial charge in [-0.3, -0.25) is 4.79 Å². The summed E-state index contributed by atoms with van der Waals surface area (Å²) >= 11 is 7.39. The monoisotopic (exact) mass is 245 g/mol. The number of rotatable bonds is 3. The highest BCUT2D eigenvalue weighted by atomic mass is 35.5. The van der Waals surface area contributed by atoms with Crippen LogP contribution >= 0.6 is 22.9 Å². The van der Waals surface area contributed by atoms with Crippen LogP contribution in [-0.2, 0) is 0 Å². The third-order valence-electron chi connectivity index (χ3n) is 2.25. The van der Waals surface area contributed by atoms with Crippen molar-refractivity contribution >= 4 is 28.8 Å². The molecule has 4 heteroatoms. The number of aryl methyl sites for hydroxylation is 2. The van der Waals surface area contributed by atoms with E-state index in [9.17, 15) is 4.79 Å². The van der Waals surface area contributed by atoms with Gasteiger partial charge in [0.25, 0.3) is 5.91 Å². The highest BCUT2D eigenvalue weighted by molar-refractivity contribution is 7.14. The Hall–Kier alpha value is -0.540. The number of thiophene rings is 1. The van der Waals surface area contributed by atoms with Crippen molar-refractivity contribution in [3.05, 3.63) is 21.4 Å². The first-order chi connectivity index (χ1) is 6.91. The molecule has 0 saturated carbocycles. The summed E-state index contributed by atoms with van der Waals surface area (Å²) < 4.78 is 0. The lowest BCUT2D eigenvalue weighted by atomic mass is 10.2. The molecule has 1 atom stereocenters. The van der Waals surface area contributed by atoms with Crippen LogP contribution in [0.15, 0.2) is 6.07 Å². The van der Waals surface area contributed by atoms with Gasteiger partial charge < -0.3 is 4.90 Å². The molecule has 84 valence electrons. The van der Waals surface area contributed by atoms with Gasteiger partial charge in [-0.15, -0.1) is 22.9 Å². The van der Waals surface area contributed by atoms with Gasteiger partial charge in [-0.1, -0.05) is 0 Å². The fourth-order valence-electron chi connectivity index (χ4n) is 1.33. The van der Waals surface area contributed by atoms with Gasteiger partial charge in [0, 0.05) is 23.8 Å². The summed E-state index contributed by atoms with van der Waals surface area (Å²) in [5.41, 5.74) is 1.18. The van der Waals surface area contributed by atoms with E-state index in [0.717, 1.165) is 4.88 Å². The molecular formula is C11H16ClNOS. The molecule has 1 rings (SSSR count). The van der Waals surface area contributed by atoms with Crippen LogP contribution in [0.5, 0.6) is 0 Å². The molecule has 0 aliphatic carbocycles. The summed E-state index contributed by atoms with van der Waals surface area (Å²) in [7, 11) is 1.78. The molecule has 2 nitrogen and oxygen atoms in total. The molecular weight excluding hydrogens is 230 g/mol. The van der Waals surface area contributed by atoms with Gasteiger partial charge in [-0.05, 0) is 32.4 Å². The summed E-state index contributed by atoms with van der Waals surface area (Å²) in [5.74, 6) is 0.0590. The third-order valence-corrected chi connectivity index (χ3v) is 3.53. The lowest BCUT2D eigenvalue weighted by Gasteiger charge is -2.17. The van der Waals surface area contributed by atoms with E-state index in [0.29, 0.717) is 6.54 Å². The minimum Gasteiger partial charge on any atom is -0.340 e. The number of carbonyl (C=O) groups is 1. The van der Waals surface area contributed by atoms with Crippen molar-refractivity contribution in [2.45, 2.75) is 26.1 Å². The van der Waals surface area contributed by atoms with E-state index in [-0.39, 0.29) is 11.3 Å². The largest absolute Gasteiger partial charge is 0.340 e. The molecule has 1 heterocycles. The van der Waals surface area contributed by atoms with Gasteiger partial charge in [0.2, 0.25) is 0 Å². The van der Waals surface area contributed by atoms with E-state index in [1.54, 1.807) is 23.3 Å². The number of hydrogen-bond donors (Lipinski definition) is 0. The van der Waals surface area contributed by atoms with Crippen LogP contribution in [0.3, 0.4) is 0 Å². The summed E-state index contributed by atoms with van der Waals surface area (Å²) in [5, 5.41) is -0.0129. The van der Waals surface area contributed by atoms with Crippen molar-refractivity contribution in [1.82, 2.24) is 4.90 Å². The summed E-state index contributed by atoms with van der Waals surface area (Å²) in [6.45, 7) is 6.51. The second kappa shape index (κ2) is 4.99. The number of amides is 1. The molecule has 15 heavy (non-hydrogen) atoms. The second-order valence-electron chi connectivity index (χ2n) is 3.82. The average molecular weight is 246 g/mol. The Morgan fingerprint density at radius 2 is 2.20 bits per heavy atom. The molecule has 0 aliphatic heterocycles. The zero-order valence-corrected chi connectivity index (χ0v) is 11.1. The molecule has 1 amide bonds. The van der Waals surface area contributed by atoms with E-state index in [4.69, 9.17) is 11.6 Å². The van der Waals surface area contributed by atoms with Gasteiger partial charge in [0.15, 0.2) is 0 Å². The zero-order valence-electron chi connectivity index (χ0n) is 9.50. The first-order valence-electron chi connectivity index (χ1n) is 4.88. The molecule has 0 N–H and O–H groups in total. The smallest absolute Gasteiger partial charge is 0.263 e. The molecule has 1 aromatic heterocycles. The Morgan fingerprint density at radius 1 is 1.60 bits per heavy atom. The Morgan fingerprint density at radius 3 is 2.60 bits per heavy atom. The van der Waals surface area contributed by atoms with Crippen molar-refractivity contribution in [3.63, 3.8) is 0 Å². The maximum Gasteiger partial charge on any atom is 0.263 e. The number of hydrogen-bond acceptors (Lipinski definition) is 2. The topological polar surface area (TPSA) is 20.3 Å². The van der Waals surface area contributed by atoms with Gasteiger partial charge in [-0.2, -0.15) is 0 Å². The fraction of sp³-hybridized carbons (Fsp3) is 0.545. The Kier molecular flexibility index (Phi) is 4.17. The highest BCUT2D eigenvalue weighted by Gasteiger charge is 2.16. The highest BCUT2D eigenvalue weighted by Crippen LogP contribution is 2.21. The maximum atomic E-state index is 11.9. The van der Waals surface area contributed by atoms with E-state index >= 15 is 0 Å². The van der Waals surface area contributed by atoms with Gasteiger partial charge in [0.1, 0.15) is 0 Å². The maximum absolute atomic E-state index is 11.9. The lowest BCUT2D eigenvalue weighted by molar-refractivity contribution is 0.0801. The number of nitrogens with zero attached hydrogens (tertiary/aromatic N) is 1. The number of alkyl halides is 1. The lowest BCUT2D eigenvalue weighted by Crippen LogP contribution is -2.30. The quantitative estimate of drug-likeness (QED) is 0.750. The van der Waals surface area contributed by atoms with Gasteiger partial charge in [0.05, 0.1) is 4.88 Å². The SMILES string of the molecule is Cc1cc(C(=O)N(C)CC(C)Cl)sc1C. The molecule has 0 fully saturated rings. The molecule has 0 aromatic carbocycles. The standard InChI is InChI=1S/C11H16ClNOS/c1-7-5-10(15-9(7)3)11(14)13(4)6-8(2)12/h5,8H,6H2,1-4H3. The van der Waals surface area contributed by atoms with Crippen LogP contribution in [0.1, 0.15) is 27.0 Å². The van der Waals surface area contributed by atoms with Crippen LogP contribution in [0.4, 0.5) is 0 Å². The van der Waals surface area contributed by atoms with Crippen molar-refractivity contribution < 1.29 is 4.79 Å². The van der Waals surface area contributed by atoms with E-state index in [1.807, 2.05) is 26.8 Å². The zero-order chi connectivity index (χ0) is 11.6. The molecule has 0 saturated heterocycles. The van der Waals surface area contributed by atoms with Gasteiger partial charge >= 0.3 is 0 Å². The molecule has 0 radical (unpaired) electrons. The fourth-order valence-corrected chi connectivity index (χ4v) is 2.56. The second-order valence-corrected chi connectivity index (χ2v) is 5.82. The van der Waals surface area contributed by atoms with Crippen LogP contribution < -0.4 is 0 Å². The summed E-state index contributed by atoms with van der Waals surface area (Å²) in [4.78, 5) is 15.6. The van der Waals surface area contributed by atoms with Crippen LogP contribution in [0.25, 0.3) is 0 Å². The number of halogens is 1. The van der Waals surface area contributed by atoms with Crippen LogP contribution in [0.2, 0.25) is 0 Å². The van der Waals surface area contributed by atoms with Gasteiger partial charge in [-0.25, -0.2) is 0 Å². The molecule has 0 aliphatic rings. The van der Waals surface area contributed by atoms with Crippen molar-refractivity contribution in [3.8, 4) is 0 Å². The molecule has 1 unspecified atom stereocenters. The number of carbonyl (C=O) groups excluding carboxylic acids is 1. The average Bonchev–Trinajstić information content (AvgIpc) is 2.44. The predicted molar refractivity (Wildman–Crippen MR) is 66.1 cm³/mol. The molecule has 1 aromatic rings. The summed E-state index contributed by atoms with van der Waals surface area (Å²) in [6.07, 6.45) is 0. The van der Waals surface area contributed by atoms with E-state index < -0.39 is 0 Å². The summed E-state index contributed by atoms with van der Waals surface area (Å²) in [6, 6.07) is 1.94. The Balaban J connectivity index is 2.76. The van der Waals surface area contributed by atoms with E-state index in [1.165, 1.54) is 10.4 Å². The minimum atomic E-state index is -0.0129. The predicted octanol–water partition coefficient (Wildman–Crippen LogP) is 3.06. The first kappa shape index (κ1) is 12.5. The van der Waals surface area contributed by atoms with Crippen molar-refractivity contribution in [2.24, 2.45) is 0 Å². The van der Waals surface area contributed by atoms with Crippen molar-refractivity contribution in [1.29, 1.82) is 0 Å². The van der Waals surface area contributed by atoms with Crippen LogP contribution in [-0.4, -0.2) is 29.8 Å².